The second kappa shape index (κ2) is 6.28. The number of rotatable bonds is 7. The summed E-state index contributed by atoms with van der Waals surface area (Å²) in [7, 11) is -3.81. The summed E-state index contributed by atoms with van der Waals surface area (Å²) < 4.78 is 33.8. The Hall–Kier alpha value is -1.86. The van der Waals surface area contributed by atoms with Gasteiger partial charge in [0.05, 0.1) is 17.0 Å². The zero-order valence-electron chi connectivity index (χ0n) is 11.4. The van der Waals surface area contributed by atoms with E-state index in [1.165, 1.54) is 18.2 Å². The summed E-state index contributed by atoms with van der Waals surface area (Å²) in [5.74, 6) is 0. The summed E-state index contributed by atoms with van der Waals surface area (Å²) in [4.78, 5) is 11.6. The summed E-state index contributed by atoms with van der Waals surface area (Å²) in [6.45, 7) is 3.44. The second-order valence-electron chi connectivity index (χ2n) is 4.82. The lowest BCUT2D eigenvalue weighted by Gasteiger charge is -2.16. The Kier molecular flexibility index (Phi) is 4.64. The zero-order valence-corrected chi connectivity index (χ0v) is 12.3. The van der Waals surface area contributed by atoms with Gasteiger partial charge in [0.25, 0.3) is 10.1 Å². The van der Waals surface area contributed by atoms with E-state index in [9.17, 15) is 13.2 Å². The lowest BCUT2D eigenvalue weighted by Crippen LogP contribution is -2.41. The standard InChI is InChI=1S/C14H17NO5S/c1-2-10-19-13(16)15-14(8-9-14)11-20-21(17,18)12-6-4-3-5-7-12/h2-7H,1,8-11H2,(H,15,16). The molecular formula is C14H17NO5S. The first-order chi connectivity index (χ1) is 9.97. The fourth-order valence-electron chi connectivity index (χ4n) is 1.69. The first-order valence-corrected chi connectivity index (χ1v) is 7.89. The van der Waals surface area contributed by atoms with E-state index in [4.69, 9.17) is 8.92 Å². The largest absolute Gasteiger partial charge is 0.445 e. The molecule has 1 fully saturated rings. The molecule has 1 amide bonds. The Morgan fingerprint density at radius 2 is 2.00 bits per heavy atom. The van der Waals surface area contributed by atoms with Crippen LogP contribution in [-0.2, 0) is 19.0 Å². The Morgan fingerprint density at radius 3 is 2.57 bits per heavy atom. The van der Waals surface area contributed by atoms with Gasteiger partial charge in [-0.3, -0.25) is 4.18 Å². The molecule has 114 valence electrons. The molecule has 6 nitrogen and oxygen atoms in total. The molecule has 0 saturated heterocycles. The Bertz CT molecular complexity index is 608. The van der Waals surface area contributed by atoms with Gasteiger partial charge in [0.15, 0.2) is 0 Å². The van der Waals surface area contributed by atoms with Crippen LogP contribution in [0.2, 0.25) is 0 Å². The van der Waals surface area contributed by atoms with Crippen molar-refractivity contribution in [2.45, 2.75) is 23.3 Å². The van der Waals surface area contributed by atoms with Crippen LogP contribution < -0.4 is 5.32 Å². The van der Waals surface area contributed by atoms with Gasteiger partial charge in [0.2, 0.25) is 0 Å². The first-order valence-electron chi connectivity index (χ1n) is 6.48. The third-order valence-electron chi connectivity index (χ3n) is 3.08. The summed E-state index contributed by atoms with van der Waals surface area (Å²) in [5, 5.41) is 2.63. The monoisotopic (exact) mass is 311 g/mol. The number of ether oxygens (including phenoxy) is 1. The topological polar surface area (TPSA) is 81.7 Å². The summed E-state index contributed by atoms with van der Waals surface area (Å²) in [6.07, 6.45) is 2.16. The van der Waals surface area contributed by atoms with Crippen molar-refractivity contribution < 1.29 is 22.1 Å². The van der Waals surface area contributed by atoms with E-state index in [0.717, 1.165) is 0 Å². The van der Waals surface area contributed by atoms with E-state index >= 15 is 0 Å². The van der Waals surface area contributed by atoms with Crippen molar-refractivity contribution in [3.05, 3.63) is 43.0 Å². The van der Waals surface area contributed by atoms with Gasteiger partial charge in [0.1, 0.15) is 6.61 Å². The van der Waals surface area contributed by atoms with Gasteiger partial charge < -0.3 is 10.1 Å². The van der Waals surface area contributed by atoms with E-state index in [0.29, 0.717) is 12.8 Å². The lowest BCUT2D eigenvalue weighted by molar-refractivity contribution is 0.146. The number of carbonyl (C=O) groups excluding carboxylic acids is 1. The third kappa shape index (κ3) is 4.30. The molecule has 1 saturated carbocycles. The van der Waals surface area contributed by atoms with E-state index in [-0.39, 0.29) is 18.1 Å². The number of hydrogen-bond acceptors (Lipinski definition) is 5. The highest BCUT2D eigenvalue weighted by Crippen LogP contribution is 2.36. The predicted octanol–water partition coefficient (Wildman–Crippen LogP) is 1.84. The highest BCUT2D eigenvalue weighted by Gasteiger charge is 2.46. The molecular weight excluding hydrogens is 294 g/mol. The average Bonchev–Trinajstić information content (AvgIpc) is 3.24. The van der Waals surface area contributed by atoms with Gasteiger partial charge in [0, 0.05) is 0 Å². The molecule has 1 aliphatic carbocycles. The van der Waals surface area contributed by atoms with Gasteiger partial charge in [-0.05, 0) is 25.0 Å². The van der Waals surface area contributed by atoms with Crippen molar-refractivity contribution in [2.75, 3.05) is 13.2 Å². The van der Waals surface area contributed by atoms with Crippen LogP contribution in [0.3, 0.4) is 0 Å². The van der Waals surface area contributed by atoms with Crippen LogP contribution in [0.25, 0.3) is 0 Å². The molecule has 2 rings (SSSR count). The molecule has 0 bridgehead atoms. The zero-order chi connectivity index (χ0) is 15.3. The Morgan fingerprint density at radius 1 is 1.33 bits per heavy atom. The molecule has 1 N–H and O–H groups in total. The van der Waals surface area contributed by atoms with Gasteiger partial charge >= 0.3 is 6.09 Å². The summed E-state index contributed by atoms with van der Waals surface area (Å²) >= 11 is 0. The quantitative estimate of drug-likeness (QED) is 0.614. The minimum atomic E-state index is -3.81. The van der Waals surface area contributed by atoms with Crippen LogP contribution in [-0.4, -0.2) is 33.3 Å². The van der Waals surface area contributed by atoms with Gasteiger partial charge in [-0.15, -0.1) is 0 Å². The van der Waals surface area contributed by atoms with E-state index < -0.39 is 21.8 Å². The van der Waals surface area contributed by atoms with Gasteiger partial charge in [-0.2, -0.15) is 8.42 Å². The van der Waals surface area contributed by atoms with Crippen LogP contribution in [0, 0.1) is 0 Å². The minimum Gasteiger partial charge on any atom is -0.445 e. The van der Waals surface area contributed by atoms with Crippen LogP contribution >= 0.6 is 0 Å². The maximum atomic E-state index is 12.0. The maximum Gasteiger partial charge on any atom is 0.407 e. The van der Waals surface area contributed by atoms with Crippen LogP contribution in [0.1, 0.15) is 12.8 Å². The Balaban J connectivity index is 1.90. The number of amides is 1. The second-order valence-corrected chi connectivity index (χ2v) is 6.44. The van der Waals surface area contributed by atoms with Crippen molar-refractivity contribution >= 4 is 16.2 Å². The molecule has 1 aliphatic rings. The number of alkyl carbamates (subject to hydrolysis) is 1. The maximum absolute atomic E-state index is 12.0. The highest BCUT2D eigenvalue weighted by atomic mass is 32.2. The van der Waals surface area contributed by atoms with Crippen LogP contribution in [0.15, 0.2) is 47.9 Å². The molecule has 0 heterocycles. The molecule has 21 heavy (non-hydrogen) atoms. The number of hydrogen-bond donors (Lipinski definition) is 1. The fraction of sp³-hybridized carbons (Fsp3) is 0.357. The minimum absolute atomic E-state index is 0.0926. The lowest BCUT2D eigenvalue weighted by atomic mass is 10.3. The summed E-state index contributed by atoms with van der Waals surface area (Å²) in [5.41, 5.74) is -0.653. The van der Waals surface area contributed by atoms with Crippen molar-refractivity contribution in [3.63, 3.8) is 0 Å². The number of carbonyl (C=O) groups is 1. The molecule has 1 aromatic carbocycles. The fourth-order valence-corrected chi connectivity index (χ4v) is 2.70. The van der Waals surface area contributed by atoms with Gasteiger partial charge in [-0.25, -0.2) is 4.79 Å². The molecule has 0 spiro atoms. The van der Waals surface area contributed by atoms with Crippen LogP contribution in [0.4, 0.5) is 4.79 Å². The molecule has 0 aliphatic heterocycles. The first kappa shape index (κ1) is 15.5. The molecule has 7 heteroatoms. The summed E-state index contributed by atoms with van der Waals surface area (Å²) in [6, 6.07) is 7.88. The molecule has 0 atom stereocenters. The molecule has 0 radical (unpaired) electrons. The normalized spacial score (nSPS) is 16.0. The molecule has 0 aromatic heterocycles. The van der Waals surface area contributed by atoms with Crippen molar-refractivity contribution in [2.24, 2.45) is 0 Å². The van der Waals surface area contributed by atoms with E-state index in [1.807, 2.05) is 0 Å². The smallest absolute Gasteiger partial charge is 0.407 e. The van der Waals surface area contributed by atoms with Crippen molar-refractivity contribution in [3.8, 4) is 0 Å². The molecule has 0 unspecified atom stereocenters. The van der Waals surface area contributed by atoms with E-state index in [1.54, 1.807) is 18.2 Å². The van der Waals surface area contributed by atoms with Gasteiger partial charge in [-0.1, -0.05) is 30.9 Å². The van der Waals surface area contributed by atoms with E-state index in [2.05, 4.69) is 11.9 Å². The van der Waals surface area contributed by atoms with Crippen LogP contribution in [0.5, 0.6) is 0 Å². The average molecular weight is 311 g/mol. The third-order valence-corrected chi connectivity index (χ3v) is 4.35. The number of nitrogens with one attached hydrogen (secondary N) is 1. The Labute approximate surface area is 123 Å². The highest BCUT2D eigenvalue weighted by molar-refractivity contribution is 7.86. The predicted molar refractivity (Wildman–Crippen MR) is 76.2 cm³/mol. The molecule has 1 aromatic rings. The SMILES string of the molecule is C=CCOC(=O)NC1(COS(=O)(=O)c2ccccc2)CC1. The van der Waals surface area contributed by atoms with Crippen molar-refractivity contribution in [1.82, 2.24) is 5.32 Å². The van der Waals surface area contributed by atoms with Crippen molar-refractivity contribution in [1.29, 1.82) is 0 Å². The number of benzene rings is 1.